The second kappa shape index (κ2) is 3.71. The molecule has 0 radical (unpaired) electrons. The van der Waals surface area contributed by atoms with Crippen LogP contribution in [0.1, 0.15) is 23.2 Å². The molecular weight excluding hydrogens is 162 g/mol. The van der Waals surface area contributed by atoms with Crippen LogP contribution in [0.4, 0.5) is 0 Å². The summed E-state index contributed by atoms with van der Waals surface area (Å²) in [5, 5.41) is 3.21. The number of ketones is 1. The fraction of sp³-hybridized carbons (Fsp3) is 0.364. The van der Waals surface area contributed by atoms with Gasteiger partial charge in [0.25, 0.3) is 0 Å². The third-order valence-electron chi connectivity index (χ3n) is 2.22. The minimum atomic E-state index is 0.188. The average molecular weight is 175 g/mol. The molecule has 1 fully saturated rings. The van der Waals surface area contributed by atoms with Crippen LogP contribution < -0.4 is 5.32 Å². The van der Waals surface area contributed by atoms with Gasteiger partial charge in [0.15, 0.2) is 5.78 Å². The fourth-order valence-corrected chi connectivity index (χ4v) is 1.25. The summed E-state index contributed by atoms with van der Waals surface area (Å²) in [5.41, 5.74) is 0.802. The SMILES string of the molecule is O=C(CNC1CC1)c1ccccc1. The minimum absolute atomic E-state index is 0.188. The maximum absolute atomic E-state index is 11.5. The van der Waals surface area contributed by atoms with Gasteiger partial charge in [-0.05, 0) is 12.8 Å². The first-order valence-corrected chi connectivity index (χ1v) is 4.68. The lowest BCUT2D eigenvalue weighted by molar-refractivity contribution is 0.0990. The second-order valence-corrected chi connectivity index (χ2v) is 3.44. The van der Waals surface area contributed by atoms with Crippen molar-refractivity contribution in [2.24, 2.45) is 0 Å². The predicted octanol–water partition coefficient (Wildman–Crippen LogP) is 1.62. The Balaban J connectivity index is 1.89. The molecule has 1 aliphatic carbocycles. The first-order valence-electron chi connectivity index (χ1n) is 4.68. The van der Waals surface area contributed by atoms with Crippen LogP contribution in [0.3, 0.4) is 0 Å². The molecule has 0 aromatic heterocycles. The van der Waals surface area contributed by atoms with Gasteiger partial charge in [-0.25, -0.2) is 0 Å². The van der Waals surface area contributed by atoms with E-state index < -0.39 is 0 Å². The van der Waals surface area contributed by atoms with Crippen molar-refractivity contribution < 1.29 is 4.79 Å². The Kier molecular flexibility index (Phi) is 2.41. The summed E-state index contributed by atoms with van der Waals surface area (Å²) in [6.07, 6.45) is 2.45. The van der Waals surface area contributed by atoms with E-state index in [4.69, 9.17) is 0 Å². The lowest BCUT2D eigenvalue weighted by Gasteiger charge is -2.01. The normalized spacial score (nSPS) is 15.7. The van der Waals surface area contributed by atoms with Crippen LogP contribution in [0.5, 0.6) is 0 Å². The summed E-state index contributed by atoms with van der Waals surface area (Å²) >= 11 is 0. The first-order chi connectivity index (χ1) is 6.36. The van der Waals surface area contributed by atoms with Crippen molar-refractivity contribution in [3.05, 3.63) is 35.9 Å². The quantitative estimate of drug-likeness (QED) is 0.704. The van der Waals surface area contributed by atoms with Crippen LogP contribution in [0.2, 0.25) is 0 Å². The molecule has 68 valence electrons. The Hall–Kier alpha value is -1.15. The van der Waals surface area contributed by atoms with Gasteiger partial charge in [-0.2, -0.15) is 0 Å². The average Bonchev–Trinajstić information content (AvgIpc) is 2.99. The van der Waals surface area contributed by atoms with Gasteiger partial charge in [0, 0.05) is 11.6 Å². The lowest BCUT2D eigenvalue weighted by Crippen LogP contribution is -2.24. The van der Waals surface area contributed by atoms with Gasteiger partial charge in [0.05, 0.1) is 6.54 Å². The molecular formula is C11H13NO. The van der Waals surface area contributed by atoms with Gasteiger partial charge in [0.2, 0.25) is 0 Å². The summed E-state index contributed by atoms with van der Waals surface area (Å²) in [7, 11) is 0. The number of carbonyl (C=O) groups excluding carboxylic acids is 1. The smallest absolute Gasteiger partial charge is 0.176 e. The molecule has 0 spiro atoms. The van der Waals surface area contributed by atoms with Gasteiger partial charge in [-0.15, -0.1) is 0 Å². The van der Waals surface area contributed by atoms with Crippen molar-refractivity contribution in [2.45, 2.75) is 18.9 Å². The van der Waals surface area contributed by atoms with Crippen molar-refractivity contribution >= 4 is 5.78 Å². The number of carbonyl (C=O) groups is 1. The van der Waals surface area contributed by atoms with Crippen molar-refractivity contribution in [1.82, 2.24) is 5.32 Å². The summed E-state index contributed by atoms with van der Waals surface area (Å²) in [4.78, 5) is 11.5. The van der Waals surface area contributed by atoms with Crippen LogP contribution >= 0.6 is 0 Å². The second-order valence-electron chi connectivity index (χ2n) is 3.44. The van der Waals surface area contributed by atoms with Gasteiger partial charge in [-0.3, -0.25) is 4.79 Å². The first kappa shape index (κ1) is 8.45. The van der Waals surface area contributed by atoms with E-state index in [1.165, 1.54) is 12.8 Å². The molecule has 0 amide bonds. The van der Waals surface area contributed by atoms with E-state index in [9.17, 15) is 4.79 Å². The van der Waals surface area contributed by atoms with Crippen LogP contribution in [-0.2, 0) is 0 Å². The molecule has 0 unspecified atom stereocenters. The highest BCUT2D eigenvalue weighted by molar-refractivity contribution is 5.97. The highest BCUT2D eigenvalue weighted by Crippen LogP contribution is 2.18. The lowest BCUT2D eigenvalue weighted by atomic mass is 10.1. The molecule has 1 saturated carbocycles. The van der Waals surface area contributed by atoms with Crippen molar-refractivity contribution in [2.75, 3.05) is 6.54 Å². The zero-order valence-corrected chi connectivity index (χ0v) is 7.49. The Labute approximate surface area is 78.0 Å². The molecule has 1 N–H and O–H groups in total. The molecule has 2 nitrogen and oxygen atoms in total. The zero-order chi connectivity index (χ0) is 9.10. The molecule has 1 aliphatic rings. The van der Waals surface area contributed by atoms with E-state index in [0.717, 1.165) is 5.56 Å². The minimum Gasteiger partial charge on any atom is -0.307 e. The van der Waals surface area contributed by atoms with E-state index in [-0.39, 0.29) is 5.78 Å². The third-order valence-corrected chi connectivity index (χ3v) is 2.22. The van der Waals surface area contributed by atoms with Crippen LogP contribution in [0, 0.1) is 0 Å². The molecule has 1 aromatic rings. The molecule has 2 rings (SSSR count). The Morgan fingerprint density at radius 3 is 2.62 bits per heavy atom. The summed E-state index contributed by atoms with van der Waals surface area (Å²) in [5.74, 6) is 0.188. The molecule has 0 heterocycles. The molecule has 0 bridgehead atoms. The molecule has 0 saturated heterocycles. The number of rotatable bonds is 4. The fourth-order valence-electron chi connectivity index (χ4n) is 1.25. The largest absolute Gasteiger partial charge is 0.307 e. The zero-order valence-electron chi connectivity index (χ0n) is 7.49. The van der Waals surface area contributed by atoms with E-state index >= 15 is 0 Å². The van der Waals surface area contributed by atoms with Crippen molar-refractivity contribution in [3.63, 3.8) is 0 Å². The van der Waals surface area contributed by atoms with Gasteiger partial charge in [-0.1, -0.05) is 30.3 Å². The van der Waals surface area contributed by atoms with E-state index in [0.29, 0.717) is 12.6 Å². The van der Waals surface area contributed by atoms with Crippen molar-refractivity contribution in [1.29, 1.82) is 0 Å². The molecule has 2 heteroatoms. The molecule has 0 aliphatic heterocycles. The highest BCUT2D eigenvalue weighted by atomic mass is 16.1. The monoisotopic (exact) mass is 175 g/mol. The standard InChI is InChI=1S/C11H13NO/c13-11(8-12-10-6-7-10)9-4-2-1-3-5-9/h1-5,10,12H,6-8H2. The number of hydrogen-bond donors (Lipinski definition) is 1. The number of benzene rings is 1. The maximum Gasteiger partial charge on any atom is 0.176 e. The number of Topliss-reactive ketones (excluding diaryl/α,β-unsaturated/α-hetero) is 1. The molecule has 13 heavy (non-hydrogen) atoms. The highest BCUT2D eigenvalue weighted by Gasteiger charge is 2.21. The van der Waals surface area contributed by atoms with E-state index in [1.54, 1.807) is 0 Å². The Bertz CT molecular complexity index is 290. The van der Waals surface area contributed by atoms with E-state index in [1.807, 2.05) is 30.3 Å². The summed E-state index contributed by atoms with van der Waals surface area (Å²) < 4.78 is 0. The maximum atomic E-state index is 11.5. The number of nitrogens with one attached hydrogen (secondary N) is 1. The van der Waals surface area contributed by atoms with Crippen LogP contribution in [0.25, 0.3) is 0 Å². The molecule has 1 aromatic carbocycles. The summed E-state index contributed by atoms with van der Waals surface area (Å²) in [6, 6.07) is 10.0. The van der Waals surface area contributed by atoms with Gasteiger partial charge >= 0.3 is 0 Å². The Morgan fingerprint density at radius 1 is 1.31 bits per heavy atom. The van der Waals surface area contributed by atoms with Crippen LogP contribution in [0.15, 0.2) is 30.3 Å². The summed E-state index contributed by atoms with van der Waals surface area (Å²) in [6.45, 7) is 0.481. The predicted molar refractivity (Wildman–Crippen MR) is 51.8 cm³/mol. The Morgan fingerprint density at radius 2 is 2.00 bits per heavy atom. The van der Waals surface area contributed by atoms with Crippen LogP contribution in [-0.4, -0.2) is 18.4 Å². The topological polar surface area (TPSA) is 29.1 Å². The van der Waals surface area contributed by atoms with E-state index in [2.05, 4.69) is 5.32 Å². The third kappa shape index (κ3) is 2.39. The number of hydrogen-bond acceptors (Lipinski definition) is 2. The van der Waals surface area contributed by atoms with Crippen molar-refractivity contribution in [3.8, 4) is 0 Å². The van der Waals surface area contributed by atoms with Gasteiger partial charge in [0.1, 0.15) is 0 Å². The van der Waals surface area contributed by atoms with Gasteiger partial charge < -0.3 is 5.32 Å². The molecule has 0 atom stereocenters.